The Kier molecular flexibility index (Phi) is 1.99. The molecule has 0 radical (unpaired) electrons. The van der Waals surface area contributed by atoms with Gasteiger partial charge in [0.25, 0.3) is 0 Å². The van der Waals surface area contributed by atoms with Crippen molar-refractivity contribution in [3.63, 3.8) is 0 Å². The standard InChI is InChI=1S/C8H14N4/c1-7-6-9-4-5-12(7)8-10-2-3-11-8/h2-3,7,9H,4-6H2,1H3,(H,10,11)/t7-/m0/s1. The molecular formula is C8H14N4. The lowest BCUT2D eigenvalue weighted by Crippen LogP contribution is -2.50. The Morgan fingerprint density at radius 3 is 3.25 bits per heavy atom. The molecule has 1 aromatic heterocycles. The van der Waals surface area contributed by atoms with E-state index in [1.54, 1.807) is 6.20 Å². The number of H-pyrrole nitrogens is 1. The zero-order valence-corrected chi connectivity index (χ0v) is 7.25. The fraction of sp³-hybridized carbons (Fsp3) is 0.625. The molecule has 66 valence electrons. The summed E-state index contributed by atoms with van der Waals surface area (Å²) in [5.74, 6) is 0.990. The number of nitrogens with zero attached hydrogens (tertiary/aromatic N) is 2. The van der Waals surface area contributed by atoms with Crippen LogP contribution >= 0.6 is 0 Å². The molecule has 0 aromatic carbocycles. The van der Waals surface area contributed by atoms with Crippen molar-refractivity contribution in [2.24, 2.45) is 0 Å². The highest BCUT2D eigenvalue weighted by atomic mass is 15.3. The third-order valence-electron chi connectivity index (χ3n) is 2.26. The number of piperazine rings is 1. The number of aromatic amines is 1. The maximum atomic E-state index is 4.23. The molecule has 0 amide bonds. The third kappa shape index (κ3) is 1.30. The lowest BCUT2D eigenvalue weighted by Gasteiger charge is -2.33. The highest BCUT2D eigenvalue weighted by Crippen LogP contribution is 2.11. The number of nitrogens with one attached hydrogen (secondary N) is 2. The molecule has 4 heteroatoms. The van der Waals surface area contributed by atoms with Gasteiger partial charge >= 0.3 is 0 Å². The Balaban J connectivity index is 2.11. The van der Waals surface area contributed by atoms with Crippen molar-refractivity contribution in [2.45, 2.75) is 13.0 Å². The third-order valence-corrected chi connectivity index (χ3v) is 2.26. The van der Waals surface area contributed by atoms with Gasteiger partial charge in [-0.3, -0.25) is 0 Å². The molecular weight excluding hydrogens is 152 g/mol. The van der Waals surface area contributed by atoms with E-state index in [0.29, 0.717) is 6.04 Å². The summed E-state index contributed by atoms with van der Waals surface area (Å²) in [4.78, 5) is 9.65. The Bertz CT molecular complexity index is 231. The fourth-order valence-corrected chi connectivity index (χ4v) is 1.57. The van der Waals surface area contributed by atoms with Gasteiger partial charge in [-0.2, -0.15) is 0 Å². The van der Waals surface area contributed by atoms with Gasteiger partial charge in [-0.25, -0.2) is 4.98 Å². The molecule has 1 aliphatic heterocycles. The molecule has 0 saturated carbocycles. The molecule has 0 bridgehead atoms. The molecule has 12 heavy (non-hydrogen) atoms. The van der Waals surface area contributed by atoms with Crippen molar-refractivity contribution in [1.29, 1.82) is 0 Å². The molecule has 0 aliphatic carbocycles. The summed E-state index contributed by atoms with van der Waals surface area (Å²) >= 11 is 0. The van der Waals surface area contributed by atoms with Gasteiger partial charge in [-0.1, -0.05) is 0 Å². The summed E-state index contributed by atoms with van der Waals surface area (Å²) in [7, 11) is 0. The van der Waals surface area contributed by atoms with Crippen LogP contribution < -0.4 is 10.2 Å². The number of hydrogen-bond acceptors (Lipinski definition) is 3. The number of imidazole rings is 1. The number of hydrogen-bond donors (Lipinski definition) is 2. The number of rotatable bonds is 1. The van der Waals surface area contributed by atoms with E-state index in [1.165, 1.54) is 0 Å². The Morgan fingerprint density at radius 2 is 2.58 bits per heavy atom. The molecule has 2 rings (SSSR count). The molecule has 4 nitrogen and oxygen atoms in total. The van der Waals surface area contributed by atoms with Gasteiger partial charge in [0.05, 0.1) is 0 Å². The van der Waals surface area contributed by atoms with E-state index >= 15 is 0 Å². The maximum Gasteiger partial charge on any atom is 0.203 e. The van der Waals surface area contributed by atoms with Crippen molar-refractivity contribution >= 4 is 5.95 Å². The topological polar surface area (TPSA) is 44.0 Å². The van der Waals surface area contributed by atoms with Crippen LogP contribution in [0.3, 0.4) is 0 Å². The van der Waals surface area contributed by atoms with Crippen LogP contribution in [-0.4, -0.2) is 35.6 Å². The Hall–Kier alpha value is -1.03. The second-order valence-corrected chi connectivity index (χ2v) is 3.16. The predicted octanol–water partition coefficient (Wildman–Crippen LogP) is 0.208. The number of anilines is 1. The van der Waals surface area contributed by atoms with Crippen molar-refractivity contribution in [1.82, 2.24) is 15.3 Å². The Morgan fingerprint density at radius 1 is 1.67 bits per heavy atom. The van der Waals surface area contributed by atoms with Crippen LogP contribution in [0.15, 0.2) is 12.4 Å². The van der Waals surface area contributed by atoms with Crippen LogP contribution in [-0.2, 0) is 0 Å². The van der Waals surface area contributed by atoms with Crippen molar-refractivity contribution < 1.29 is 0 Å². The summed E-state index contributed by atoms with van der Waals surface area (Å²) < 4.78 is 0. The van der Waals surface area contributed by atoms with Gasteiger partial charge in [0.15, 0.2) is 0 Å². The molecule has 0 spiro atoms. The van der Waals surface area contributed by atoms with Crippen LogP contribution in [0.4, 0.5) is 5.95 Å². The quantitative estimate of drug-likeness (QED) is 0.626. The zero-order chi connectivity index (χ0) is 8.39. The lowest BCUT2D eigenvalue weighted by atomic mass is 10.2. The molecule has 1 atom stereocenters. The first-order chi connectivity index (χ1) is 5.88. The summed E-state index contributed by atoms with van der Waals surface area (Å²) in [5, 5.41) is 3.34. The largest absolute Gasteiger partial charge is 0.337 e. The van der Waals surface area contributed by atoms with Crippen LogP contribution in [0.25, 0.3) is 0 Å². The van der Waals surface area contributed by atoms with Crippen LogP contribution in [0.1, 0.15) is 6.92 Å². The molecule has 1 fully saturated rings. The first-order valence-corrected chi connectivity index (χ1v) is 4.34. The van der Waals surface area contributed by atoms with Crippen molar-refractivity contribution in [3.8, 4) is 0 Å². The van der Waals surface area contributed by atoms with E-state index in [9.17, 15) is 0 Å². The second kappa shape index (κ2) is 3.15. The van der Waals surface area contributed by atoms with Gasteiger partial charge < -0.3 is 15.2 Å². The first kappa shape index (κ1) is 7.61. The first-order valence-electron chi connectivity index (χ1n) is 4.34. The minimum atomic E-state index is 0.532. The predicted molar refractivity (Wildman–Crippen MR) is 48.3 cm³/mol. The van der Waals surface area contributed by atoms with E-state index in [2.05, 4.69) is 27.1 Å². The fourth-order valence-electron chi connectivity index (χ4n) is 1.57. The van der Waals surface area contributed by atoms with Gasteiger partial charge in [-0.15, -0.1) is 0 Å². The normalized spacial score (nSPS) is 24.4. The highest BCUT2D eigenvalue weighted by molar-refractivity contribution is 5.31. The lowest BCUT2D eigenvalue weighted by molar-refractivity contribution is 0.494. The zero-order valence-electron chi connectivity index (χ0n) is 7.25. The highest BCUT2D eigenvalue weighted by Gasteiger charge is 2.19. The maximum absolute atomic E-state index is 4.23. The molecule has 0 unspecified atom stereocenters. The average Bonchev–Trinajstić information content (AvgIpc) is 2.57. The van der Waals surface area contributed by atoms with E-state index in [4.69, 9.17) is 0 Å². The van der Waals surface area contributed by atoms with Gasteiger partial charge in [-0.05, 0) is 6.92 Å². The molecule has 2 heterocycles. The van der Waals surface area contributed by atoms with Gasteiger partial charge in [0, 0.05) is 38.1 Å². The average molecular weight is 166 g/mol. The summed E-state index contributed by atoms with van der Waals surface area (Å²) in [6.07, 6.45) is 3.66. The monoisotopic (exact) mass is 166 g/mol. The second-order valence-electron chi connectivity index (χ2n) is 3.16. The number of aromatic nitrogens is 2. The van der Waals surface area contributed by atoms with E-state index in [0.717, 1.165) is 25.6 Å². The Labute approximate surface area is 72.0 Å². The van der Waals surface area contributed by atoms with E-state index in [-0.39, 0.29) is 0 Å². The summed E-state index contributed by atoms with van der Waals surface area (Å²) in [6.45, 7) is 5.33. The summed E-state index contributed by atoms with van der Waals surface area (Å²) in [6, 6.07) is 0.532. The van der Waals surface area contributed by atoms with Crippen LogP contribution in [0, 0.1) is 0 Å². The van der Waals surface area contributed by atoms with E-state index < -0.39 is 0 Å². The minimum Gasteiger partial charge on any atom is -0.337 e. The molecule has 1 aromatic rings. The smallest absolute Gasteiger partial charge is 0.203 e. The molecule has 2 N–H and O–H groups in total. The summed E-state index contributed by atoms with van der Waals surface area (Å²) in [5.41, 5.74) is 0. The van der Waals surface area contributed by atoms with Crippen LogP contribution in [0.5, 0.6) is 0 Å². The van der Waals surface area contributed by atoms with Crippen molar-refractivity contribution in [3.05, 3.63) is 12.4 Å². The SMILES string of the molecule is C[C@H]1CNCCN1c1ncc[nH]1. The molecule has 1 aliphatic rings. The van der Waals surface area contributed by atoms with Crippen molar-refractivity contribution in [2.75, 3.05) is 24.5 Å². The van der Waals surface area contributed by atoms with Gasteiger partial charge in [0.1, 0.15) is 0 Å². The minimum absolute atomic E-state index is 0.532. The van der Waals surface area contributed by atoms with E-state index in [1.807, 2.05) is 6.20 Å². The van der Waals surface area contributed by atoms with Crippen LogP contribution in [0.2, 0.25) is 0 Å². The van der Waals surface area contributed by atoms with Gasteiger partial charge in [0.2, 0.25) is 5.95 Å². The molecule has 1 saturated heterocycles.